The number of imidazole rings is 1. The number of aliphatic hydroxyl groups is 1. The van der Waals surface area contributed by atoms with Crippen LogP contribution in [0.5, 0.6) is 0 Å². The highest BCUT2D eigenvalue weighted by atomic mass is 32.2. The quantitative estimate of drug-likeness (QED) is 0.572. The lowest BCUT2D eigenvalue weighted by Crippen LogP contribution is -2.30. The summed E-state index contributed by atoms with van der Waals surface area (Å²) in [7, 11) is -4.23. The van der Waals surface area contributed by atoms with Crippen LogP contribution in [0.1, 0.15) is 10.4 Å². The normalized spacial score (nSPS) is 20.0. The number of rotatable bonds is 4. The van der Waals surface area contributed by atoms with Crippen LogP contribution in [-0.4, -0.2) is 59.1 Å². The van der Waals surface area contributed by atoms with Crippen LogP contribution in [0, 0.1) is 11.6 Å². The summed E-state index contributed by atoms with van der Waals surface area (Å²) in [6, 6.07) is 5.05. The smallest absolute Gasteiger partial charge is 0.257 e. The first-order chi connectivity index (χ1) is 14.2. The minimum absolute atomic E-state index is 0.0391. The van der Waals surface area contributed by atoms with Gasteiger partial charge in [0.1, 0.15) is 12.3 Å². The van der Waals surface area contributed by atoms with E-state index in [4.69, 9.17) is 0 Å². The minimum Gasteiger partial charge on any atom is -0.389 e. The van der Waals surface area contributed by atoms with Gasteiger partial charge in [-0.05, 0) is 24.3 Å². The molecule has 2 aromatic carbocycles. The number of aromatic nitrogens is 2. The molecule has 8 nitrogen and oxygen atoms in total. The number of benzene rings is 2. The van der Waals surface area contributed by atoms with E-state index in [1.54, 1.807) is 0 Å². The summed E-state index contributed by atoms with van der Waals surface area (Å²) in [6.07, 6.45) is -1.90. The molecule has 4 rings (SSSR count). The first-order valence-electron chi connectivity index (χ1n) is 8.72. The molecule has 1 aliphatic rings. The third kappa shape index (κ3) is 3.53. The van der Waals surface area contributed by atoms with Gasteiger partial charge in [-0.2, -0.15) is 4.31 Å². The molecule has 2 unspecified atom stereocenters. The number of alkyl halides is 1. The third-order valence-corrected chi connectivity index (χ3v) is 6.56. The second-order valence-corrected chi connectivity index (χ2v) is 8.69. The average Bonchev–Trinajstić information content (AvgIpc) is 3.30. The number of β-amino-alcohol motifs (C(OH)–C–C–N with tert-alkyl or cyclic N) is 1. The Kier molecular flexibility index (Phi) is 5.00. The van der Waals surface area contributed by atoms with E-state index < -0.39 is 52.9 Å². The Morgan fingerprint density at radius 1 is 1.20 bits per heavy atom. The Labute approximate surface area is 168 Å². The molecule has 0 bridgehead atoms. The molecule has 2 atom stereocenters. The fourth-order valence-corrected chi connectivity index (χ4v) is 4.69. The van der Waals surface area contributed by atoms with Gasteiger partial charge in [0.25, 0.3) is 5.91 Å². The van der Waals surface area contributed by atoms with Crippen molar-refractivity contribution < 1.29 is 31.5 Å². The number of H-pyrrole nitrogens is 1. The van der Waals surface area contributed by atoms with Crippen LogP contribution in [0.4, 0.5) is 18.9 Å². The lowest BCUT2D eigenvalue weighted by Gasteiger charge is -2.16. The number of sulfonamides is 1. The average molecular weight is 440 g/mol. The van der Waals surface area contributed by atoms with E-state index in [1.165, 1.54) is 12.4 Å². The van der Waals surface area contributed by atoms with E-state index in [2.05, 4.69) is 15.3 Å². The highest BCUT2D eigenvalue weighted by Gasteiger charge is 2.39. The molecule has 3 N–H and O–H groups in total. The van der Waals surface area contributed by atoms with Crippen LogP contribution >= 0.6 is 0 Å². The Morgan fingerprint density at radius 2 is 1.97 bits per heavy atom. The highest BCUT2D eigenvalue weighted by molar-refractivity contribution is 7.89. The number of aliphatic hydroxyl groups excluding tert-OH is 1. The highest BCUT2D eigenvalue weighted by Crippen LogP contribution is 2.27. The summed E-state index contributed by atoms with van der Waals surface area (Å²) < 4.78 is 66.7. The summed E-state index contributed by atoms with van der Waals surface area (Å²) >= 11 is 0. The first-order valence-corrected chi connectivity index (χ1v) is 10.2. The predicted octanol–water partition coefficient (Wildman–Crippen LogP) is 1.80. The zero-order chi connectivity index (χ0) is 21.6. The van der Waals surface area contributed by atoms with E-state index >= 15 is 0 Å². The van der Waals surface area contributed by atoms with Crippen LogP contribution in [0.25, 0.3) is 11.0 Å². The molecule has 3 aromatic rings. The maximum atomic E-state index is 13.6. The summed E-state index contributed by atoms with van der Waals surface area (Å²) in [4.78, 5) is 19.1. The minimum atomic E-state index is -4.23. The van der Waals surface area contributed by atoms with Gasteiger partial charge in [-0.25, -0.2) is 26.6 Å². The van der Waals surface area contributed by atoms with Gasteiger partial charge < -0.3 is 15.4 Å². The number of halogens is 3. The fourth-order valence-electron chi connectivity index (χ4n) is 3.18. The molecule has 1 fully saturated rings. The number of aromatic amines is 1. The van der Waals surface area contributed by atoms with E-state index in [1.807, 2.05) is 0 Å². The van der Waals surface area contributed by atoms with Crippen molar-refractivity contribution in [1.82, 2.24) is 14.3 Å². The number of carbonyl (C=O) groups is 1. The summed E-state index contributed by atoms with van der Waals surface area (Å²) in [5, 5.41) is 11.9. The molecule has 1 aliphatic heterocycles. The second kappa shape index (κ2) is 7.38. The molecule has 12 heteroatoms. The Balaban J connectivity index is 1.72. The standard InChI is InChI=1S/C18H15F3N4O4S/c19-12-2-1-9(3-13(12)20)24-18(27)11-4-10(5-15-17(11)23-8-22-15)30(28,29)25-6-14(21)16(26)7-25/h1-5,8,14,16,26H,6-7H2,(H,22,23)(H,24,27). The molecule has 1 saturated heterocycles. The van der Waals surface area contributed by atoms with Crippen LogP contribution in [0.15, 0.2) is 41.6 Å². The van der Waals surface area contributed by atoms with Crippen molar-refractivity contribution in [2.45, 2.75) is 17.2 Å². The zero-order valence-electron chi connectivity index (χ0n) is 15.1. The molecule has 0 spiro atoms. The van der Waals surface area contributed by atoms with Crippen LogP contribution in [0.2, 0.25) is 0 Å². The number of amides is 1. The second-order valence-electron chi connectivity index (χ2n) is 6.76. The zero-order valence-corrected chi connectivity index (χ0v) is 16.0. The summed E-state index contributed by atoms with van der Waals surface area (Å²) in [6.45, 7) is -0.934. The molecule has 0 saturated carbocycles. The number of nitrogens with zero attached hydrogens (tertiary/aromatic N) is 2. The monoisotopic (exact) mass is 440 g/mol. The molecule has 2 heterocycles. The third-order valence-electron chi connectivity index (χ3n) is 4.75. The topological polar surface area (TPSA) is 115 Å². The number of hydrogen-bond acceptors (Lipinski definition) is 5. The molecule has 158 valence electrons. The van der Waals surface area contributed by atoms with Crippen molar-refractivity contribution in [1.29, 1.82) is 0 Å². The fraction of sp³-hybridized carbons (Fsp3) is 0.222. The van der Waals surface area contributed by atoms with Crippen molar-refractivity contribution in [2.75, 3.05) is 18.4 Å². The number of anilines is 1. The number of nitrogens with one attached hydrogen (secondary N) is 2. The van der Waals surface area contributed by atoms with E-state index in [0.29, 0.717) is 0 Å². The van der Waals surface area contributed by atoms with Gasteiger partial charge in [0.2, 0.25) is 10.0 Å². The Morgan fingerprint density at radius 3 is 2.63 bits per heavy atom. The van der Waals surface area contributed by atoms with Crippen LogP contribution < -0.4 is 5.32 Å². The van der Waals surface area contributed by atoms with E-state index in [-0.39, 0.29) is 27.2 Å². The number of carbonyl (C=O) groups excluding carboxylic acids is 1. The molecule has 1 amide bonds. The number of hydrogen-bond donors (Lipinski definition) is 3. The van der Waals surface area contributed by atoms with E-state index in [0.717, 1.165) is 28.6 Å². The first kappa shape index (κ1) is 20.3. The van der Waals surface area contributed by atoms with Gasteiger partial charge in [-0.15, -0.1) is 0 Å². The predicted molar refractivity (Wildman–Crippen MR) is 100 cm³/mol. The Bertz CT molecular complexity index is 1240. The van der Waals surface area contributed by atoms with Gasteiger partial charge >= 0.3 is 0 Å². The van der Waals surface area contributed by atoms with Crippen molar-refractivity contribution >= 4 is 32.7 Å². The van der Waals surface area contributed by atoms with Crippen LogP contribution in [-0.2, 0) is 10.0 Å². The van der Waals surface area contributed by atoms with Gasteiger partial charge in [0.05, 0.1) is 27.8 Å². The van der Waals surface area contributed by atoms with E-state index in [9.17, 15) is 31.5 Å². The maximum absolute atomic E-state index is 13.6. The molecule has 0 aliphatic carbocycles. The molecular weight excluding hydrogens is 425 g/mol. The SMILES string of the molecule is O=C(Nc1ccc(F)c(F)c1)c1cc(S(=O)(=O)N2CC(O)C(F)C2)cc2nc[nH]c12. The maximum Gasteiger partial charge on any atom is 0.257 e. The van der Waals surface area contributed by atoms with Crippen molar-refractivity contribution in [3.05, 3.63) is 53.9 Å². The lowest BCUT2D eigenvalue weighted by molar-refractivity contribution is 0.102. The summed E-state index contributed by atoms with van der Waals surface area (Å²) in [5.74, 6) is -3.04. The van der Waals surface area contributed by atoms with Gasteiger partial charge in [0, 0.05) is 24.8 Å². The lowest BCUT2D eigenvalue weighted by atomic mass is 10.1. The molecule has 1 aromatic heterocycles. The molecule has 0 radical (unpaired) electrons. The van der Waals surface area contributed by atoms with Gasteiger partial charge in [0.15, 0.2) is 11.6 Å². The van der Waals surface area contributed by atoms with Crippen molar-refractivity contribution in [3.8, 4) is 0 Å². The Hall–Kier alpha value is -2.96. The largest absolute Gasteiger partial charge is 0.389 e. The van der Waals surface area contributed by atoms with Gasteiger partial charge in [-0.3, -0.25) is 4.79 Å². The summed E-state index contributed by atoms with van der Waals surface area (Å²) in [5.41, 5.74) is 0.217. The van der Waals surface area contributed by atoms with Crippen molar-refractivity contribution in [2.24, 2.45) is 0 Å². The van der Waals surface area contributed by atoms with Gasteiger partial charge in [-0.1, -0.05) is 0 Å². The molecule has 30 heavy (non-hydrogen) atoms. The van der Waals surface area contributed by atoms with Crippen LogP contribution in [0.3, 0.4) is 0 Å². The van der Waals surface area contributed by atoms with Crippen molar-refractivity contribution in [3.63, 3.8) is 0 Å². The number of fused-ring (bicyclic) bond motifs is 1. The molecular formula is C18H15F3N4O4S.